The van der Waals surface area contributed by atoms with Gasteiger partial charge >= 0.3 is 0 Å². The first-order chi connectivity index (χ1) is 8.30. The Hall–Kier alpha value is -1.19. The Labute approximate surface area is 105 Å². The van der Waals surface area contributed by atoms with Crippen LogP contribution in [0.1, 0.15) is 12.8 Å². The number of amides is 2. The predicted octanol–water partition coefficient (Wildman–Crippen LogP) is -1.81. The van der Waals surface area contributed by atoms with Crippen molar-refractivity contribution in [1.82, 2.24) is 9.79 Å². The first-order valence-electron chi connectivity index (χ1n) is 5.46. The van der Waals surface area contributed by atoms with Gasteiger partial charge in [-0.3, -0.25) is 14.4 Å². The number of hydrogen-bond acceptors (Lipinski definition) is 5. The molecule has 1 saturated heterocycles. The monoisotopic (exact) mass is 279 g/mol. The van der Waals surface area contributed by atoms with Crippen LogP contribution in [0.25, 0.3) is 0 Å². The second-order valence-electron chi connectivity index (χ2n) is 4.18. The van der Waals surface area contributed by atoms with Gasteiger partial charge in [-0.2, -0.15) is 0 Å². The fraction of sp³-hybridized carbons (Fsp3) is 0.778. The van der Waals surface area contributed by atoms with Crippen molar-refractivity contribution in [2.45, 2.75) is 12.8 Å². The van der Waals surface area contributed by atoms with E-state index in [1.54, 1.807) is 0 Å². The average molecular weight is 279 g/mol. The topological polar surface area (TPSA) is 119 Å². The minimum Gasteiger partial charge on any atom is -0.368 e. The van der Waals surface area contributed by atoms with Gasteiger partial charge in [0, 0.05) is 13.1 Å². The molecule has 0 saturated carbocycles. The maximum Gasteiger partial charge on any atom is 0.247 e. The standard InChI is InChI=1S/C9H17N3O5S/c1-18(15,16)12-4-2-3-7(5-12)9(14)11-17-6-8(10)13/h7H,2-6H2,1H3,(H2,10,13)(H,11,14). The summed E-state index contributed by atoms with van der Waals surface area (Å²) >= 11 is 0. The molecule has 0 aliphatic carbocycles. The maximum absolute atomic E-state index is 11.6. The summed E-state index contributed by atoms with van der Waals surface area (Å²) < 4.78 is 24.0. The number of primary amides is 1. The molecule has 3 N–H and O–H groups in total. The van der Waals surface area contributed by atoms with Crippen LogP contribution in [0, 0.1) is 5.92 Å². The van der Waals surface area contributed by atoms with Gasteiger partial charge in [0.15, 0.2) is 6.61 Å². The molecule has 1 aliphatic heterocycles. The number of carbonyl (C=O) groups is 2. The number of nitrogens with two attached hydrogens (primary N) is 1. The summed E-state index contributed by atoms with van der Waals surface area (Å²) in [7, 11) is -3.29. The van der Waals surface area contributed by atoms with Gasteiger partial charge in [-0.15, -0.1) is 0 Å². The summed E-state index contributed by atoms with van der Waals surface area (Å²) in [5.41, 5.74) is 6.93. The highest BCUT2D eigenvalue weighted by molar-refractivity contribution is 7.88. The van der Waals surface area contributed by atoms with E-state index in [0.717, 1.165) is 6.26 Å². The van der Waals surface area contributed by atoms with Crippen molar-refractivity contribution in [3.05, 3.63) is 0 Å². The SMILES string of the molecule is CS(=O)(=O)N1CCCC(C(=O)NOCC(N)=O)C1. The van der Waals surface area contributed by atoms with E-state index in [2.05, 4.69) is 10.3 Å². The summed E-state index contributed by atoms with van der Waals surface area (Å²) in [6.45, 7) is 0.142. The zero-order chi connectivity index (χ0) is 13.8. The van der Waals surface area contributed by atoms with E-state index in [-0.39, 0.29) is 6.54 Å². The van der Waals surface area contributed by atoms with Crippen LogP contribution in [0.2, 0.25) is 0 Å². The molecule has 8 nitrogen and oxygen atoms in total. The third kappa shape index (κ3) is 4.59. The van der Waals surface area contributed by atoms with Crippen LogP contribution >= 0.6 is 0 Å². The van der Waals surface area contributed by atoms with Crippen LogP contribution < -0.4 is 11.2 Å². The molecule has 0 spiro atoms. The fourth-order valence-corrected chi connectivity index (χ4v) is 2.63. The Morgan fingerprint density at radius 2 is 2.17 bits per heavy atom. The lowest BCUT2D eigenvalue weighted by atomic mass is 9.99. The smallest absolute Gasteiger partial charge is 0.247 e. The third-order valence-corrected chi connectivity index (χ3v) is 3.88. The minimum absolute atomic E-state index is 0.130. The first kappa shape index (κ1) is 14.9. The fourth-order valence-electron chi connectivity index (χ4n) is 1.72. The molecule has 0 aromatic rings. The molecule has 18 heavy (non-hydrogen) atoms. The predicted molar refractivity (Wildman–Crippen MR) is 62.4 cm³/mol. The Kier molecular flexibility index (Phi) is 5.05. The molecule has 0 radical (unpaired) electrons. The Morgan fingerprint density at radius 1 is 1.50 bits per heavy atom. The van der Waals surface area contributed by atoms with E-state index in [0.29, 0.717) is 19.4 Å². The molecular formula is C9H17N3O5S. The summed E-state index contributed by atoms with van der Waals surface area (Å²) in [5, 5.41) is 0. The van der Waals surface area contributed by atoms with Crippen LogP contribution in [-0.4, -0.2) is 50.5 Å². The van der Waals surface area contributed by atoms with Crippen LogP contribution in [0.5, 0.6) is 0 Å². The molecule has 1 rings (SSSR count). The Bertz CT molecular complexity index is 422. The van der Waals surface area contributed by atoms with Gasteiger partial charge in [0.2, 0.25) is 21.8 Å². The van der Waals surface area contributed by atoms with Crippen molar-refractivity contribution < 1.29 is 22.8 Å². The first-order valence-corrected chi connectivity index (χ1v) is 7.30. The molecule has 1 unspecified atom stereocenters. The lowest BCUT2D eigenvalue weighted by molar-refractivity contribution is -0.142. The molecular weight excluding hydrogens is 262 g/mol. The van der Waals surface area contributed by atoms with Crippen molar-refractivity contribution in [2.75, 3.05) is 26.0 Å². The zero-order valence-corrected chi connectivity index (χ0v) is 10.9. The Balaban J connectivity index is 2.46. The largest absolute Gasteiger partial charge is 0.368 e. The third-order valence-electron chi connectivity index (χ3n) is 2.61. The van der Waals surface area contributed by atoms with Crippen molar-refractivity contribution in [2.24, 2.45) is 11.7 Å². The van der Waals surface area contributed by atoms with Gasteiger partial charge in [0.1, 0.15) is 0 Å². The lowest BCUT2D eigenvalue weighted by Crippen LogP contribution is -2.45. The summed E-state index contributed by atoms with van der Waals surface area (Å²) in [4.78, 5) is 26.6. The summed E-state index contributed by atoms with van der Waals surface area (Å²) in [6, 6.07) is 0. The second-order valence-corrected chi connectivity index (χ2v) is 6.16. The van der Waals surface area contributed by atoms with Gasteiger partial charge < -0.3 is 5.73 Å². The van der Waals surface area contributed by atoms with Gasteiger partial charge in [-0.1, -0.05) is 0 Å². The molecule has 0 bridgehead atoms. The second kappa shape index (κ2) is 6.12. The van der Waals surface area contributed by atoms with E-state index in [1.807, 2.05) is 0 Å². The number of carbonyl (C=O) groups excluding carboxylic acids is 2. The number of hydrogen-bond donors (Lipinski definition) is 2. The zero-order valence-electron chi connectivity index (χ0n) is 10.1. The number of piperidine rings is 1. The minimum atomic E-state index is -3.29. The van der Waals surface area contributed by atoms with Gasteiger partial charge in [0.05, 0.1) is 12.2 Å². The van der Waals surface area contributed by atoms with Crippen molar-refractivity contribution in [1.29, 1.82) is 0 Å². The highest BCUT2D eigenvalue weighted by Crippen LogP contribution is 2.18. The van der Waals surface area contributed by atoms with Crippen LogP contribution in [0.3, 0.4) is 0 Å². The highest BCUT2D eigenvalue weighted by Gasteiger charge is 2.30. The molecule has 0 aromatic heterocycles. The van der Waals surface area contributed by atoms with Crippen LogP contribution in [-0.2, 0) is 24.4 Å². The van der Waals surface area contributed by atoms with E-state index in [9.17, 15) is 18.0 Å². The van der Waals surface area contributed by atoms with Gasteiger partial charge in [-0.25, -0.2) is 18.2 Å². The van der Waals surface area contributed by atoms with Crippen molar-refractivity contribution in [3.63, 3.8) is 0 Å². The summed E-state index contributed by atoms with van der Waals surface area (Å²) in [6.07, 6.45) is 2.30. The normalized spacial score (nSPS) is 21.5. The molecule has 1 fully saturated rings. The van der Waals surface area contributed by atoms with Crippen LogP contribution in [0.4, 0.5) is 0 Å². The van der Waals surface area contributed by atoms with E-state index < -0.39 is 34.4 Å². The van der Waals surface area contributed by atoms with E-state index in [1.165, 1.54) is 4.31 Å². The quantitative estimate of drug-likeness (QED) is 0.575. The van der Waals surface area contributed by atoms with Crippen molar-refractivity contribution in [3.8, 4) is 0 Å². The Morgan fingerprint density at radius 3 is 2.72 bits per heavy atom. The highest BCUT2D eigenvalue weighted by atomic mass is 32.2. The average Bonchev–Trinajstić information content (AvgIpc) is 2.27. The molecule has 1 heterocycles. The van der Waals surface area contributed by atoms with E-state index in [4.69, 9.17) is 5.73 Å². The molecule has 104 valence electrons. The number of hydroxylamine groups is 1. The molecule has 1 aliphatic rings. The van der Waals surface area contributed by atoms with Gasteiger partial charge in [0.25, 0.3) is 0 Å². The number of nitrogens with one attached hydrogen (secondary N) is 1. The van der Waals surface area contributed by atoms with Crippen LogP contribution in [0.15, 0.2) is 0 Å². The van der Waals surface area contributed by atoms with E-state index >= 15 is 0 Å². The van der Waals surface area contributed by atoms with Crippen molar-refractivity contribution >= 4 is 21.8 Å². The molecule has 0 aromatic carbocycles. The molecule has 9 heteroatoms. The number of rotatable bonds is 5. The molecule has 1 atom stereocenters. The summed E-state index contributed by atoms with van der Waals surface area (Å²) in [5.74, 6) is -1.61. The maximum atomic E-state index is 11.6. The molecule has 2 amide bonds. The number of nitrogens with zero attached hydrogens (tertiary/aromatic N) is 1. The lowest BCUT2D eigenvalue weighted by Gasteiger charge is -2.29. The number of sulfonamides is 1. The van der Waals surface area contributed by atoms with Gasteiger partial charge in [-0.05, 0) is 12.8 Å².